The van der Waals surface area contributed by atoms with Crippen molar-refractivity contribution in [2.24, 2.45) is 0 Å². The molecule has 0 spiro atoms. The van der Waals surface area contributed by atoms with Gasteiger partial charge in [0.05, 0.1) is 0 Å². The third-order valence-electron chi connectivity index (χ3n) is 3.35. The van der Waals surface area contributed by atoms with Crippen LogP contribution in [0, 0.1) is 0 Å². The van der Waals surface area contributed by atoms with Gasteiger partial charge in [0, 0.05) is 17.2 Å². The summed E-state index contributed by atoms with van der Waals surface area (Å²) in [7, 11) is 0. The molecule has 0 fully saturated rings. The third kappa shape index (κ3) is 4.46. The predicted molar refractivity (Wildman–Crippen MR) is 89.3 cm³/mol. The van der Waals surface area contributed by atoms with Crippen molar-refractivity contribution < 1.29 is 14.7 Å². The summed E-state index contributed by atoms with van der Waals surface area (Å²) in [6, 6.07) is 18.7. The minimum atomic E-state index is -0.863. The summed E-state index contributed by atoms with van der Waals surface area (Å²) in [4.78, 5) is 23.5. The lowest BCUT2D eigenvalue weighted by molar-refractivity contribution is -0.136. The SMILES string of the molecule is C[C@H](S[C@H](CC(=O)c1ccccc1)c1ccccc1)C(=O)O. The number of thioether (sulfide) groups is 1. The summed E-state index contributed by atoms with van der Waals surface area (Å²) in [5, 5.41) is 8.40. The van der Waals surface area contributed by atoms with E-state index in [1.54, 1.807) is 19.1 Å². The van der Waals surface area contributed by atoms with Crippen molar-refractivity contribution in [2.45, 2.75) is 23.8 Å². The van der Waals surface area contributed by atoms with E-state index in [0.717, 1.165) is 5.56 Å². The van der Waals surface area contributed by atoms with Crippen LogP contribution >= 0.6 is 11.8 Å². The highest BCUT2D eigenvalue weighted by molar-refractivity contribution is 8.00. The Balaban J connectivity index is 2.18. The topological polar surface area (TPSA) is 54.4 Å². The summed E-state index contributed by atoms with van der Waals surface area (Å²) in [5.74, 6) is -0.836. The highest BCUT2D eigenvalue weighted by Crippen LogP contribution is 2.36. The minimum Gasteiger partial charge on any atom is -0.480 e. The lowest BCUT2D eigenvalue weighted by Gasteiger charge is -2.18. The maximum Gasteiger partial charge on any atom is 0.316 e. The molecule has 0 bridgehead atoms. The molecule has 0 aliphatic heterocycles. The van der Waals surface area contributed by atoms with Crippen LogP contribution in [-0.4, -0.2) is 22.1 Å². The van der Waals surface area contributed by atoms with Gasteiger partial charge in [-0.2, -0.15) is 0 Å². The van der Waals surface area contributed by atoms with Gasteiger partial charge in [-0.05, 0) is 12.5 Å². The van der Waals surface area contributed by atoms with Gasteiger partial charge in [-0.1, -0.05) is 60.7 Å². The van der Waals surface area contributed by atoms with E-state index < -0.39 is 11.2 Å². The van der Waals surface area contributed by atoms with Gasteiger partial charge in [-0.15, -0.1) is 11.8 Å². The molecule has 22 heavy (non-hydrogen) atoms. The maximum absolute atomic E-state index is 12.4. The molecule has 2 atom stereocenters. The van der Waals surface area contributed by atoms with Gasteiger partial charge in [-0.3, -0.25) is 9.59 Å². The normalized spacial score (nSPS) is 13.3. The Morgan fingerprint density at radius 1 is 1.00 bits per heavy atom. The molecule has 0 radical (unpaired) electrons. The quantitative estimate of drug-likeness (QED) is 0.778. The second-order valence-corrected chi connectivity index (χ2v) is 6.56. The molecule has 0 saturated carbocycles. The zero-order valence-electron chi connectivity index (χ0n) is 12.3. The Morgan fingerprint density at radius 2 is 1.55 bits per heavy atom. The first-order chi connectivity index (χ1) is 10.6. The first-order valence-corrected chi connectivity index (χ1v) is 8.03. The van der Waals surface area contributed by atoms with Crippen LogP contribution in [-0.2, 0) is 4.79 Å². The van der Waals surface area contributed by atoms with Crippen molar-refractivity contribution in [3.63, 3.8) is 0 Å². The number of rotatable bonds is 7. The molecule has 4 heteroatoms. The second-order valence-electron chi connectivity index (χ2n) is 5.01. The van der Waals surface area contributed by atoms with Crippen molar-refractivity contribution in [1.29, 1.82) is 0 Å². The summed E-state index contributed by atoms with van der Waals surface area (Å²) < 4.78 is 0. The standard InChI is InChI=1S/C18H18O3S/c1-13(18(20)21)22-17(15-10-6-3-7-11-15)12-16(19)14-8-4-2-5-9-14/h2-11,13,17H,12H2,1H3,(H,20,21)/t13-,17+/m0/s1. The maximum atomic E-state index is 12.4. The molecule has 0 amide bonds. The molecule has 2 aromatic carbocycles. The van der Waals surface area contributed by atoms with E-state index in [1.165, 1.54) is 11.8 Å². The highest BCUT2D eigenvalue weighted by atomic mass is 32.2. The van der Waals surface area contributed by atoms with Gasteiger partial charge in [0.1, 0.15) is 5.25 Å². The number of benzene rings is 2. The van der Waals surface area contributed by atoms with E-state index in [2.05, 4.69) is 0 Å². The van der Waals surface area contributed by atoms with Crippen molar-refractivity contribution in [3.05, 3.63) is 71.8 Å². The van der Waals surface area contributed by atoms with E-state index in [4.69, 9.17) is 5.11 Å². The molecule has 3 nitrogen and oxygen atoms in total. The van der Waals surface area contributed by atoms with Crippen LogP contribution in [0.5, 0.6) is 0 Å². The zero-order chi connectivity index (χ0) is 15.9. The lowest BCUT2D eigenvalue weighted by atomic mass is 10.0. The summed E-state index contributed by atoms with van der Waals surface area (Å²) >= 11 is 1.31. The highest BCUT2D eigenvalue weighted by Gasteiger charge is 2.23. The van der Waals surface area contributed by atoms with Gasteiger partial charge in [0.15, 0.2) is 5.78 Å². The molecule has 0 saturated heterocycles. The largest absolute Gasteiger partial charge is 0.480 e. The number of carbonyl (C=O) groups is 2. The number of hydrogen-bond acceptors (Lipinski definition) is 3. The number of hydrogen-bond donors (Lipinski definition) is 1. The smallest absolute Gasteiger partial charge is 0.316 e. The number of aliphatic carboxylic acids is 1. The molecular weight excluding hydrogens is 296 g/mol. The van der Waals surface area contributed by atoms with Crippen LogP contribution in [0.15, 0.2) is 60.7 Å². The van der Waals surface area contributed by atoms with Crippen LogP contribution in [0.3, 0.4) is 0 Å². The van der Waals surface area contributed by atoms with Crippen LogP contribution < -0.4 is 0 Å². The van der Waals surface area contributed by atoms with Gasteiger partial charge >= 0.3 is 5.97 Å². The fraction of sp³-hybridized carbons (Fsp3) is 0.222. The summed E-state index contributed by atoms with van der Waals surface area (Å²) in [6.45, 7) is 1.65. The second kappa shape index (κ2) is 7.80. The first-order valence-electron chi connectivity index (χ1n) is 7.09. The molecule has 0 aliphatic carbocycles. The zero-order valence-corrected chi connectivity index (χ0v) is 13.1. The van der Waals surface area contributed by atoms with Crippen molar-refractivity contribution in [3.8, 4) is 0 Å². The van der Waals surface area contributed by atoms with Crippen molar-refractivity contribution in [2.75, 3.05) is 0 Å². The first kappa shape index (κ1) is 16.3. The van der Waals surface area contributed by atoms with Crippen LogP contribution in [0.25, 0.3) is 0 Å². The molecular formula is C18H18O3S. The van der Waals surface area contributed by atoms with Crippen LogP contribution in [0.1, 0.15) is 34.5 Å². The Morgan fingerprint density at radius 3 is 2.09 bits per heavy atom. The average Bonchev–Trinajstić information content (AvgIpc) is 2.55. The molecule has 0 aromatic heterocycles. The number of ketones is 1. The van der Waals surface area contributed by atoms with Gasteiger partial charge in [-0.25, -0.2) is 0 Å². The number of carbonyl (C=O) groups excluding carboxylic acids is 1. The van der Waals surface area contributed by atoms with E-state index in [0.29, 0.717) is 5.56 Å². The number of carboxylic acids is 1. The molecule has 2 aromatic rings. The monoisotopic (exact) mass is 314 g/mol. The predicted octanol–water partition coefficient (Wildman–Crippen LogP) is 4.21. The summed E-state index contributed by atoms with van der Waals surface area (Å²) in [6.07, 6.45) is 0.288. The number of carboxylic acid groups (broad SMARTS) is 1. The van der Waals surface area contributed by atoms with Crippen LogP contribution in [0.2, 0.25) is 0 Å². The Bertz CT molecular complexity index is 625. The van der Waals surface area contributed by atoms with Gasteiger partial charge < -0.3 is 5.11 Å². The van der Waals surface area contributed by atoms with Crippen molar-refractivity contribution in [1.82, 2.24) is 0 Å². The summed E-state index contributed by atoms with van der Waals surface area (Å²) in [5.41, 5.74) is 1.64. The number of Topliss-reactive ketones (excluding diaryl/α,β-unsaturated/α-hetero) is 1. The fourth-order valence-electron chi connectivity index (χ4n) is 2.13. The van der Waals surface area contributed by atoms with Gasteiger partial charge in [0.25, 0.3) is 0 Å². The molecule has 2 rings (SSSR count). The molecule has 0 unspecified atom stereocenters. The Kier molecular flexibility index (Phi) is 5.78. The Hall–Kier alpha value is -2.07. The van der Waals surface area contributed by atoms with Crippen molar-refractivity contribution >= 4 is 23.5 Å². The van der Waals surface area contributed by atoms with E-state index >= 15 is 0 Å². The molecule has 114 valence electrons. The average molecular weight is 314 g/mol. The fourth-order valence-corrected chi connectivity index (χ4v) is 3.30. The Labute approximate surface area is 134 Å². The lowest BCUT2D eigenvalue weighted by Crippen LogP contribution is -2.15. The molecule has 0 aliphatic rings. The molecule has 1 N–H and O–H groups in total. The van der Waals surface area contributed by atoms with Crippen LogP contribution in [0.4, 0.5) is 0 Å². The van der Waals surface area contributed by atoms with E-state index in [9.17, 15) is 9.59 Å². The van der Waals surface area contributed by atoms with E-state index in [1.807, 2.05) is 48.5 Å². The minimum absolute atomic E-state index is 0.0274. The third-order valence-corrected chi connectivity index (χ3v) is 4.73. The van der Waals surface area contributed by atoms with E-state index in [-0.39, 0.29) is 17.5 Å². The molecule has 0 heterocycles. The van der Waals surface area contributed by atoms with Gasteiger partial charge in [0.2, 0.25) is 0 Å².